The molecule has 0 fully saturated rings. The van der Waals surface area contributed by atoms with Crippen LogP contribution in [0, 0.1) is 0 Å². The van der Waals surface area contributed by atoms with E-state index in [0.717, 1.165) is 23.9 Å². The number of halogens is 3. The summed E-state index contributed by atoms with van der Waals surface area (Å²) in [5.41, 5.74) is -0.652. The number of amides is 1. The lowest BCUT2D eigenvalue weighted by molar-refractivity contribution is -0.144. The molecule has 0 radical (unpaired) electrons. The monoisotopic (exact) mass is 319 g/mol. The second kappa shape index (κ2) is 5.52. The molecule has 0 bridgehead atoms. The highest BCUT2D eigenvalue weighted by molar-refractivity contribution is 7.10. The number of H-pyrrole nitrogens is 1. The van der Waals surface area contributed by atoms with Crippen LogP contribution in [0.5, 0.6) is 0 Å². The number of anilines is 2. The molecule has 0 saturated carbocycles. The molecule has 1 amide bonds. The highest BCUT2D eigenvalue weighted by Crippen LogP contribution is 2.27. The summed E-state index contributed by atoms with van der Waals surface area (Å²) in [5, 5.41) is 5.07. The summed E-state index contributed by atoms with van der Waals surface area (Å²) in [6.45, 7) is 0. The first-order valence-corrected chi connectivity index (χ1v) is 6.24. The van der Waals surface area contributed by atoms with Gasteiger partial charge in [-0.25, -0.2) is 9.97 Å². The minimum Gasteiger partial charge on any atom is -0.355 e. The highest BCUT2D eigenvalue weighted by atomic mass is 32.1. The van der Waals surface area contributed by atoms with Gasteiger partial charge in [0.05, 0.1) is 18.1 Å². The Balaban J connectivity index is 2.27. The van der Waals surface area contributed by atoms with Crippen LogP contribution < -0.4 is 16.2 Å². The molecule has 3 N–H and O–H groups in total. The first-order valence-electron chi connectivity index (χ1n) is 5.42. The molecule has 2 aromatic heterocycles. The highest BCUT2D eigenvalue weighted by Gasteiger charge is 2.34. The number of hydrogen-bond acceptors (Lipinski definition) is 6. The van der Waals surface area contributed by atoms with E-state index in [4.69, 9.17) is 0 Å². The van der Waals surface area contributed by atoms with Crippen molar-refractivity contribution in [1.82, 2.24) is 19.7 Å². The number of carbonyl (C=O) groups is 1. The third-order valence-electron chi connectivity index (χ3n) is 2.32. The molecule has 0 spiro atoms. The zero-order valence-electron chi connectivity index (χ0n) is 10.4. The van der Waals surface area contributed by atoms with Crippen molar-refractivity contribution in [2.45, 2.75) is 6.18 Å². The molecule has 2 aromatic rings. The van der Waals surface area contributed by atoms with Gasteiger partial charge in [0, 0.05) is 7.05 Å². The van der Waals surface area contributed by atoms with E-state index in [1.807, 2.05) is 0 Å². The Morgan fingerprint density at radius 1 is 1.33 bits per heavy atom. The van der Waals surface area contributed by atoms with Gasteiger partial charge in [0.1, 0.15) is 10.6 Å². The zero-order chi connectivity index (χ0) is 15.6. The Morgan fingerprint density at radius 3 is 2.48 bits per heavy atom. The topological polar surface area (TPSA) is 99.8 Å². The molecule has 112 valence electrons. The summed E-state index contributed by atoms with van der Waals surface area (Å²) < 4.78 is 39.3. The van der Waals surface area contributed by atoms with E-state index in [-0.39, 0.29) is 16.3 Å². The predicted octanol–water partition coefficient (Wildman–Crippen LogP) is 1.35. The van der Waals surface area contributed by atoms with Crippen molar-refractivity contribution < 1.29 is 18.0 Å². The molecule has 0 saturated heterocycles. The van der Waals surface area contributed by atoms with Crippen molar-refractivity contribution in [2.75, 3.05) is 12.4 Å². The van der Waals surface area contributed by atoms with Gasteiger partial charge in [-0.1, -0.05) is 0 Å². The number of aromatic amines is 1. The third-order valence-corrected chi connectivity index (χ3v) is 3.12. The number of nitrogens with one attached hydrogen (secondary N) is 3. The van der Waals surface area contributed by atoms with Crippen LogP contribution in [-0.4, -0.2) is 27.3 Å². The molecule has 0 aliphatic heterocycles. The minimum atomic E-state index is -4.63. The lowest BCUT2D eigenvalue weighted by Crippen LogP contribution is -2.24. The third kappa shape index (κ3) is 3.18. The summed E-state index contributed by atoms with van der Waals surface area (Å²) in [6.07, 6.45) is -2.81. The van der Waals surface area contributed by atoms with Crippen LogP contribution in [0.15, 0.2) is 17.2 Å². The number of aromatic nitrogens is 3. The largest absolute Gasteiger partial charge is 0.451 e. The molecule has 21 heavy (non-hydrogen) atoms. The summed E-state index contributed by atoms with van der Waals surface area (Å²) in [4.78, 5) is 29.4. The summed E-state index contributed by atoms with van der Waals surface area (Å²) >= 11 is 0.837. The Morgan fingerprint density at radius 2 is 1.95 bits per heavy atom. The minimum absolute atomic E-state index is 0.114. The van der Waals surface area contributed by atoms with Gasteiger partial charge in [-0.05, 0) is 11.5 Å². The van der Waals surface area contributed by atoms with Crippen molar-refractivity contribution in [3.63, 3.8) is 0 Å². The fraction of sp³-hybridized carbons (Fsp3) is 0.200. The van der Waals surface area contributed by atoms with E-state index < -0.39 is 23.5 Å². The number of alkyl halides is 3. The van der Waals surface area contributed by atoms with Crippen molar-refractivity contribution >= 4 is 28.1 Å². The molecule has 2 rings (SSSR count). The van der Waals surface area contributed by atoms with E-state index in [1.165, 1.54) is 7.05 Å². The maximum absolute atomic E-state index is 12.3. The van der Waals surface area contributed by atoms with Crippen LogP contribution in [0.25, 0.3) is 0 Å². The van der Waals surface area contributed by atoms with Crippen LogP contribution in [0.2, 0.25) is 0 Å². The SMILES string of the molecule is CNC(=O)c1c(Nc2cnc(C(F)(F)F)nc2)s[nH]c1=O. The molecule has 0 atom stereocenters. The van der Waals surface area contributed by atoms with Gasteiger partial charge in [0.25, 0.3) is 11.5 Å². The standard InChI is InChI=1S/C10H8F3N5O2S/c1-14-6(19)5-7(20)18-21-8(5)17-4-2-15-9(16-3-4)10(11,12)13/h2-3,17H,1H3,(H,14,19)(H,18,20). The molecule has 2 heterocycles. The molecule has 0 unspecified atom stereocenters. The molecular weight excluding hydrogens is 311 g/mol. The van der Waals surface area contributed by atoms with Crippen molar-refractivity contribution in [3.8, 4) is 0 Å². The fourth-order valence-corrected chi connectivity index (χ4v) is 2.15. The normalized spacial score (nSPS) is 11.2. The van der Waals surface area contributed by atoms with Crippen LogP contribution in [0.1, 0.15) is 16.2 Å². The van der Waals surface area contributed by atoms with E-state index in [9.17, 15) is 22.8 Å². The first kappa shape index (κ1) is 15.0. The smallest absolute Gasteiger partial charge is 0.355 e. The second-order valence-electron chi connectivity index (χ2n) is 3.73. The number of hydrogen-bond donors (Lipinski definition) is 3. The van der Waals surface area contributed by atoms with E-state index in [2.05, 4.69) is 25.0 Å². The van der Waals surface area contributed by atoms with E-state index in [1.54, 1.807) is 0 Å². The number of carbonyl (C=O) groups excluding carboxylic acids is 1. The lowest BCUT2D eigenvalue weighted by atomic mass is 10.3. The van der Waals surface area contributed by atoms with Crippen molar-refractivity contribution in [3.05, 3.63) is 34.1 Å². The van der Waals surface area contributed by atoms with Gasteiger partial charge in [0.2, 0.25) is 5.82 Å². The molecule has 0 aliphatic rings. The van der Waals surface area contributed by atoms with Gasteiger partial charge in [-0.15, -0.1) is 0 Å². The quantitative estimate of drug-likeness (QED) is 0.793. The average molecular weight is 319 g/mol. The molecule has 0 aromatic carbocycles. The van der Waals surface area contributed by atoms with Crippen molar-refractivity contribution in [2.24, 2.45) is 0 Å². The maximum atomic E-state index is 12.3. The maximum Gasteiger partial charge on any atom is 0.451 e. The molecule has 7 nitrogen and oxygen atoms in total. The van der Waals surface area contributed by atoms with E-state index >= 15 is 0 Å². The first-order chi connectivity index (χ1) is 9.82. The summed E-state index contributed by atoms with van der Waals surface area (Å²) in [6, 6.07) is 0. The molecule has 0 aliphatic carbocycles. The summed E-state index contributed by atoms with van der Waals surface area (Å²) in [7, 11) is 1.35. The van der Waals surface area contributed by atoms with Crippen LogP contribution >= 0.6 is 11.5 Å². The van der Waals surface area contributed by atoms with Crippen LogP contribution in [0.3, 0.4) is 0 Å². The Hall–Kier alpha value is -2.43. The number of rotatable bonds is 3. The van der Waals surface area contributed by atoms with Crippen molar-refractivity contribution in [1.29, 1.82) is 0 Å². The van der Waals surface area contributed by atoms with Gasteiger partial charge >= 0.3 is 6.18 Å². The predicted molar refractivity (Wildman–Crippen MR) is 68.6 cm³/mol. The molecule has 11 heteroatoms. The fourth-order valence-electron chi connectivity index (χ4n) is 1.39. The van der Waals surface area contributed by atoms with Crippen LogP contribution in [-0.2, 0) is 6.18 Å². The Bertz CT molecular complexity index is 707. The lowest BCUT2D eigenvalue weighted by Gasteiger charge is -2.07. The zero-order valence-corrected chi connectivity index (χ0v) is 11.2. The summed E-state index contributed by atoms with van der Waals surface area (Å²) in [5.74, 6) is -1.89. The Kier molecular flexibility index (Phi) is 3.93. The van der Waals surface area contributed by atoms with Gasteiger partial charge < -0.3 is 10.6 Å². The van der Waals surface area contributed by atoms with E-state index in [0.29, 0.717) is 0 Å². The van der Waals surface area contributed by atoms with Gasteiger partial charge in [0.15, 0.2) is 0 Å². The Labute approximate surface area is 119 Å². The van der Waals surface area contributed by atoms with Gasteiger partial charge in [-0.3, -0.25) is 14.0 Å². The van der Waals surface area contributed by atoms with Crippen LogP contribution in [0.4, 0.5) is 23.9 Å². The average Bonchev–Trinajstić information content (AvgIpc) is 2.78. The van der Waals surface area contributed by atoms with Gasteiger partial charge in [-0.2, -0.15) is 13.2 Å². The molecular formula is C10H8F3N5O2S. The second-order valence-corrected chi connectivity index (χ2v) is 4.55. The number of nitrogens with zero attached hydrogens (tertiary/aromatic N) is 2.